The van der Waals surface area contributed by atoms with E-state index in [1.807, 2.05) is 60.7 Å². The fourth-order valence-electron chi connectivity index (χ4n) is 2.10. The first-order valence-electron chi connectivity index (χ1n) is 7.01. The Bertz CT molecular complexity index is 506. The molecule has 0 aliphatic carbocycles. The monoisotopic (exact) mass is 302 g/mol. The average Bonchev–Trinajstić information content (AvgIpc) is 2.54. The predicted octanol–water partition coefficient (Wildman–Crippen LogP) is 3.70. The number of rotatable bonds is 6. The van der Waals surface area contributed by atoms with Crippen LogP contribution in [0.5, 0.6) is 0 Å². The minimum atomic E-state index is -0.183. The molecule has 0 unspecified atom stereocenters. The van der Waals surface area contributed by atoms with Gasteiger partial charge in [-0.15, -0.1) is 11.6 Å². The first-order chi connectivity index (χ1) is 10.3. The van der Waals surface area contributed by atoms with Crippen LogP contribution in [-0.2, 0) is 0 Å². The molecule has 2 aromatic rings. The van der Waals surface area contributed by atoms with E-state index in [0.717, 1.165) is 17.5 Å². The quantitative estimate of drug-likeness (QED) is 0.620. The standard InChI is InChI=1S/C17H19ClN2O/c18-12-7-13-19-17(21)20-16(14-8-3-1-4-9-14)15-10-5-2-6-11-15/h1-6,8-11,16H,7,12-13H2,(H2,19,20,21). The third-order valence-electron chi connectivity index (χ3n) is 3.14. The van der Waals surface area contributed by atoms with Crippen LogP contribution in [0.4, 0.5) is 4.79 Å². The number of hydrogen-bond donors (Lipinski definition) is 2. The van der Waals surface area contributed by atoms with Gasteiger partial charge in [0.05, 0.1) is 6.04 Å². The molecule has 0 spiro atoms. The van der Waals surface area contributed by atoms with Crippen LogP contribution in [0, 0.1) is 0 Å². The van der Waals surface area contributed by atoms with Crippen LogP contribution in [0.15, 0.2) is 60.7 Å². The normalized spacial score (nSPS) is 10.4. The highest BCUT2D eigenvalue weighted by molar-refractivity contribution is 6.17. The minimum Gasteiger partial charge on any atom is -0.338 e. The molecule has 0 atom stereocenters. The molecule has 0 saturated carbocycles. The van der Waals surface area contributed by atoms with Crippen LogP contribution in [0.25, 0.3) is 0 Å². The number of carbonyl (C=O) groups excluding carboxylic acids is 1. The van der Waals surface area contributed by atoms with Gasteiger partial charge in [-0.05, 0) is 17.5 Å². The average molecular weight is 303 g/mol. The topological polar surface area (TPSA) is 41.1 Å². The van der Waals surface area contributed by atoms with Crippen molar-refractivity contribution in [1.29, 1.82) is 0 Å². The predicted molar refractivity (Wildman–Crippen MR) is 86.6 cm³/mol. The lowest BCUT2D eigenvalue weighted by Crippen LogP contribution is -2.38. The molecule has 0 radical (unpaired) electrons. The molecule has 0 fully saturated rings. The fraction of sp³-hybridized carbons (Fsp3) is 0.235. The lowest BCUT2D eigenvalue weighted by atomic mass is 9.99. The zero-order chi connectivity index (χ0) is 14.9. The summed E-state index contributed by atoms with van der Waals surface area (Å²) in [6.07, 6.45) is 0.760. The number of alkyl halides is 1. The maximum atomic E-state index is 12.0. The molecule has 2 N–H and O–H groups in total. The first kappa shape index (κ1) is 15.4. The van der Waals surface area contributed by atoms with E-state index >= 15 is 0 Å². The van der Waals surface area contributed by atoms with Crippen LogP contribution >= 0.6 is 11.6 Å². The molecule has 0 bridgehead atoms. The van der Waals surface area contributed by atoms with Crippen molar-refractivity contribution >= 4 is 17.6 Å². The number of nitrogens with one attached hydrogen (secondary N) is 2. The molecule has 0 aliphatic rings. The van der Waals surface area contributed by atoms with Gasteiger partial charge in [-0.3, -0.25) is 0 Å². The Balaban J connectivity index is 2.12. The Kier molecular flexibility index (Phi) is 6.10. The first-order valence-corrected chi connectivity index (χ1v) is 7.55. The number of amides is 2. The molecule has 0 aromatic heterocycles. The molecule has 3 nitrogen and oxygen atoms in total. The van der Waals surface area contributed by atoms with Crippen molar-refractivity contribution in [2.45, 2.75) is 12.5 Å². The van der Waals surface area contributed by atoms with Crippen molar-refractivity contribution in [1.82, 2.24) is 10.6 Å². The van der Waals surface area contributed by atoms with E-state index in [4.69, 9.17) is 11.6 Å². The summed E-state index contributed by atoms with van der Waals surface area (Å²) in [5.74, 6) is 0.543. The highest BCUT2D eigenvalue weighted by atomic mass is 35.5. The minimum absolute atomic E-state index is 0.164. The molecule has 21 heavy (non-hydrogen) atoms. The Labute approximate surface area is 130 Å². The summed E-state index contributed by atoms with van der Waals surface area (Å²) < 4.78 is 0. The van der Waals surface area contributed by atoms with Gasteiger partial charge in [0, 0.05) is 12.4 Å². The van der Waals surface area contributed by atoms with Crippen LogP contribution < -0.4 is 10.6 Å². The van der Waals surface area contributed by atoms with Gasteiger partial charge < -0.3 is 10.6 Å². The van der Waals surface area contributed by atoms with Crippen LogP contribution in [0.2, 0.25) is 0 Å². The van der Waals surface area contributed by atoms with E-state index in [9.17, 15) is 4.79 Å². The van der Waals surface area contributed by atoms with Gasteiger partial charge in [0.1, 0.15) is 0 Å². The molecule has 0 aliphatic heterocycles. The van der Waals surface area contributed by atoms with E-state index in [0.29, 0.717) is 12.4 Å². The van der Waals surface area contributed by atoms with Gasteiger partial charge in [-0.1, -0.05) is 60.7 Å². The van der Waals surface area contributed by atoms with Gasteiger partial charge in [0.2, 0.25) is 0 Å². The van der Waals surface area contributed by atoms with Gasteiger partial charge in [-0.2, -0.15) is 0 Å². The summed E-state index contributed by atoms with van der Waals surface area (Å²) in [7, 11) is 0. The zero-order valence-electron chi connectivity index (χ0n) is 11.8. The third-order valence-corrected chi connectivity index (χ3v) is 3.40. The molecular formula is C17H19ClN2O. The lowest BCUT2D eigenvalue weighted by Gasteiger charge is -2.20. The maximum absolute atomic E-state index is 12.0. The van der Waals surface area contributed by atoms with Gasteiger partial charge in [0.25, 0.3) is 0 Å². The third kappa shape index (κ3) is 4.80. The molecule has 4 heteroatoms. The summed E-state index contributed by atoms with van der Waals surface area (Å²) in [6, 6.07) is 19.5. The van der Waals surface area contributed by atoms with Gasteiger partial charge >= 0.3 is 6.03 Å². The second kappa shape index (κ2) is 8.32. The van der Waals surface area contributed by atoms with E-state index in [-0.39, 0.29) is 12.1 Å². The van der Waals surface area contributed by atoms with Gasteiger partial charge in [0.15, 0.2) is 0 Å². The Morgan fingerprint density at radius 2 is 1.48 bits per heavy atom. The lowest BCUT2D eigenvalue weighted by molar-refractivity contribution is 0.238. The summed E-state index contributed by atoms with van der Waals surface area (Å²) in [4.78, 5) is 12.0. The van der Waals surface area contributed by atoms with Crippen LogP contribution in [0.1, 0.15) is 23.6 Å². The number of carbonyl (C=O) groups is 1. The molecule has 0 saturated heterocycles. The summed E-state index contributed by atoms with van der Waals surface area (Å²) >= 11 is 5.61. The molecule has 110 valence electrons. The van der Waals surface area contributed by atoms with Crippen molar-refractivity contribution in [2.75, 3.05) is 12.4 Å². The molecule has 2 aromatic carbocycles. The maximum Gasteiger partial charge on any atom is 0.315 e. The Morgan fingerprint density at radius 1 is 0.952 bits per heavy atom. The molecule has 2 rings (SSSR count). The van der Waals surface area contributed by atoms with E-state index < -0.39 is 0 Å². The summed E-state index contributed by atoms with van der Waals surface area (Å²) in [6.45, 7) is 0.575. The summed E-state index contributed by atoms with van der Waals surface area (Å²) in [5.41, 5.74) is 2.10. The van der Waals surface area contributed by atoms with E-state index in [2.05, 4.69) is 10.6 Å². The zero-order valence-corrected chi connectivity index (χ0v) is 12.5. The highest BCUT2D eigenvalue weighted by Gasteiger charge is 2.15. The van der Waals surface area contributed by atoms with Crippen molar-refractivity contribution in [3.63, 3.8) is 0 Å². The Hall–Kier alpha value is -2.00. The molecule has 2 amide bonds. The number of urea groups is 1. The van der Waals surface area contributed by atoms with Crippen molar-refractivity contribution < 1.29 is 4.79 Å². The fourth-order valence-corrected chi connectivity index (χ4v) is 2.23. The van der Waals surface area contributed by atoms with Crippen LogP contribution in [0.3, 0.4) is 0 Å². The largest absolute Gasteiger partial charge is 0.338 e. The van der Waals surface area contributed by atoms with E-state index in [1.165, 1.54) is 0 Å². The smallest absolute Gasteiger partial charge is 0.315 e. The summed E-state index contributed by atoms with van der Waals surface area (Å²) in [5, 5.41) is 5.83. The second-order valence-electron chi connectivity index (χ2n) is 4.70. The van der Waals surface area contributed by atoms with Crippen molar-refractivity contribution in [2.24, 2.45) is 0 Å². The van der Waals surface area contributed by atoms with E-state index in [1.54, 1.807) is 0 Å². The van der Waals surface area contributed by atoms with Gasteiger partial charge in [-0.25, -0.2) is 4.79 Å². The van der Waals surface area contributed by atoms with Crippen molar-refractivity contribution in [3.05, 3.63) is 71.8 Å². The Morgan fingerprint density at radius 3 is 1.95 bits per heavy atom. The second-order valence-corrected chi connectivity index (χ2v) is 5.08. The highest BCUT2D eigenvalue weighted by Crippen LogP contribution is 2.21. The number of halogens is 1. The number of hydrogen-bond acceptors (Lipinski definition) is 1. The number of benzene rings is 2. The SMILES string of the molecule is O=C(NCCCCl)NC(c1ccccc1)c1ccccc1. The van der Waals surface area contributed by atoms with Crippen molar-refractivity contribution in [3.8, 4) is 0 Å². The molecule has 0 heterocycles. The van der Waals surface area contributed by atoms with Crippen LogP contribution in [-0.4, -0.2) is 18.5 Å². The molecular weight excluding hydrogens is 284 g/mol.